The molecule has 0 radical (unpaired) electrons. The third kappa shape index (κ3) is 1.56. The summed E-state index contributed by atoms with van der Waals surface area (Å²) in [6, 6.07) is 5.74. The van der Waals surface area contributed by atoms with E-state index in [1.165, 1.54) is 0 Å². The molecule has 0 saturated heterocycles. The highest BCUT2D eigenvalue weighted by molar-refractivity contribution is 5.68. The van der Waals surface area contributed by atoms with Crippen LogP contribution < -0.4 is 0 Å². The van der Waals surface area contributed by atoms with Crippen molar-refractivity contribution >= 4 is 11.8 Å². The standard InChI is InChI=1S/C11H12O/c1-4-10-7-8(2)5-6-11(10)9(3)12/h4-7,12H,1,3H2,2H3. The summed E-state index contributed by atoms with van der Waals surface area (Å²) in [5.74, 6) is 0.0879. The van der Waals surface area contributed by atoms with Gasteiger partial charge in [-0.05, 0) is 12.5 Å². The van der Waals surface area contributed by atoms with Gasteiger partial charge in [0.2, 0.25) is 0 Å². The highest BCUT2D eigenvalue weighted by Crippen LogP contribution is 2.18. The summed E-state index contributed by atoms with van der Waals surface area (Å²) in [5, 5.41) is 9.18. The van der Waals surface area contributed by atoms with Crippen molar-refractivity contribution in [3.63, 3.8) is 0 Å². The maximum absolute atomic E-state index is 9.18. The van der Waals surface area contributed by atoms with E-state index in [9.17, 15) is 5.11 Å². The first-order chi connectivity index (χ1) is 5.65. The van der Waals surface area contributed by atoms with Crippen molar-refractivity contribution in [1.29, 1.82) is 0 Å². The number of aliphatic hydroxyl groups excluding tert-OH is 1. The number of aliphatic hydroxyl groups is 1. The van der Waals surface area contributed by atoms with Crippen LogP contribution in [0.3, 0.4) is 0 Å². The third-order valence-electron chi connectivity index (χ3n) is 1.74. The molecule has 0 aliphatic carbocycles. The van der Waals surface area contributed by atoms with Crippen molar-refractivity contribution in [2.45, 2.75) is 6.92 Å². The first kappa shape index (κ1) is 8.60. The Balaban J connectivity index is 3.29. The minimum Gasteiger partial charge on any atom is -0.508 e. The molecule has 0 aliphatic rings. The number of hydrogen-bond donors (Lipinski definition) is 1. The van der Waals surface area contributed by atoms with E-state index in [-0.39, 0.29) is 5.76 Å². The summed E-state index contributed by atoms with van der Waals surface area (Å²) in [6.07, 6.45) is 1.71. The van der Waals surface area contributed by atoms with Gasteiger partial charge in [-0.2, -0.15) is 0 Å². The average Bonchev–Trinajstić information content (AvgIpc) is 2.03. The minimum absolute atomic E-state index is 0.0879. The summed E-state index contributed by atoms with van der Waals surface area (Å²) in [7, 11) is 0. The van der Waals surface area contributed by atoms with Crippen LogP contribution in [0.15, 0.2) is 31.4 Å². The molecule has 1 heteroatoms. The fraction of sp³-hybridized carbons (Fsp3) is 0.0909. The molecule has 0 fully saturated rings. The lowest BCUT2D eigenvalue weighted by Gasteiger charge is -2.04. The third-order valence-corrected chi connectivity index (χ3v) is 1.74. The SMILES string of the molecule is C=Cc1cc(C)ccc1C(=C)O. The Morgan fingerprint density at radius 1 is 1.50 bits per heavy atom. The van der Waals surface area contributed by atoms with Crippen LogP contribution in [0.25, 0.3) is 11.8 Å². The highest BCUT2D eigenvalue weighted by Gasteiger charge is 2.00. The van der Waals surface area contributed by atoms with Gasteiger partial charge in [0.1, 0.15) is 5.76 Å². The lowest BCUT2D eigenvalue weighted by molar-refractivity contribution is 0.513. The number of hydrogen-bond acceptors (Lipinski definition) is 1. The minimum atomic E-state index is 0.0879. The number of aryl methyl sites for hydroxylation is 1. The molecule has 0 heterocycles. The van der Waals surface area contributed by atoms with Crippen LogP contribution in [0.1, 0.15) is 16.7 Å². The fourth-order valence-electron chi connectivity index (χ4n) is 1.11. The van der Waals surface area contributed by atoms with Crippen LogP contribution in [-0.4, -0.2) is 5.11 Å². The maximum Gasteiger partial charge on any atom is 0.116 e. The molecule has 0 aliphatic heterocycles. The van der Waals surface area contributed by atoms with Gasteiger partial charge in [-0.25, -0.2) is 0 Å². The molecule has 0 aromatic heterocycles. The van der Waals surface area contributed by atoms with Crippen molar-refractivity contribution in [2.24, 2.45) is 0 Å². The van der Waals surface area contributed by atoms with Crippen molar-refractivity contribution in [1.82, 2.24) is 0 Å². The zero-order valence-corrected chi connectivity index (χ0v) is 7.17. The fourth-order valence-corrected chi connectivity index (χ4v) is 1.11. The Hall–Kier alpha value is -1.50. The van der Waals surface area contributed by atoms with Gasteiger partial charge >= 0.3 is 0 Å². The molecule has 0 saturated carbocycles. The second kappa shape index (κ2) is 3.26. The zero-order valence-electron chi connectivity index (χ0n) is 7.17. The molecule has 1 nitrogen and oxygen atoms in total. The molecule has 0 amide bonds. The van der Waals surface area contributed by atoms with Crippen molar-refractivity contribution in [3.05, 3.63) is 48.0 Å². The Morgan fingerprint density at radius 2 is 2.17 bits per heavy atom. The molecule has 0 unspecified atom stereocenters. The van der Waals surface area contributed by atoms with Crippen LogP contribution in [0.4, 0.5) is 0 Å². The van der Waals surface area contributed by atoms with Gasteiger partial charge in [-0.1, -0.05) is 43.0 Å². The van der Waals surface area contributed by atoms with Crippen LogP contribution >= 0.6 is 0 Å². The van der Waals surface area contributed by atoms with E-state index in [4.69, 9.17) is 0 Å². The van der Waals surface area contributed by atoms with E-state index in [2.05, 4.69) is 13.2 Å². The maximum atomic E-state index is 9.18. The summed E-state index contributed by atoms with van der Waals surface area (Å²) in [5.41, 5.74) is 2.81. The van der Waals surface area contributed by atoms with Gasteiger partial charge in [0.15, 0.2) is 0 Å². The summed E-state index contributed by atoms with van der Waals surface area (Å²) in [4.78, 5) is 0. The Kier molecular flexibility index (Phi) is 2.34. The van der Waals surface area contributed by atoms with Gasteiger partial charge in [0.25, 0.3) is 0 Å². The quantitative estimate of drug-likeness (QED) is 0.659. The Morgan fingerprint density at radius 3 is 2.67 bits per heavy atom. The average molecular weight is 160 g/mol. The zero-order chi connectivity index (χ0) is 9.14. The topological polar surface area (TPSA) is 20.2 Å². The van der Waals surface area contributed by atoms with Crippen molar-refractivity contribution < 1.29 is 5.11 Å². The lowest BCUT2D eigenvalue weighted by atomic mass is 10.0. The lowest BCUT2D eigenvalue weighted by Crippen LogP contribution is -1.87. The van der Waals surface area contributed by atoms with E-state index < -0.39 is 0 Å². The van der Waals surface area contributed by atoms with E-state index >= 15 is 0 Å². The van der Waals surface area contributed by atoms with E-state index in [0.717, 1.165) is 16.7 Å². The number of rotatable bonds is 2. The predicted octanol–water partition coefficient (Wildman–Crippen LogP) is 3.17. The smallest absolute Gasteiger partial charge is 0.116 e. The van der Waals surface area contributed by atoms with Gasteiger partial charge < -0.3 is 5.11 Å². The largest absolute Gasteiger partial charge is 0.508 e. The molecule has 0 bridgehead atoms. The van der Waals surface area contributed by atoms with Crippen LogP contribution in [0.5, 0.6) is 0 Å². The molecule has 1 aromatic rings. The molecule has 0 atom stereocenters. The Labute approximate surface area is 72.7 Å². The molecular formula is C11H12O. The molecule has 0 spiro atoms. The molecule has 1 rings (SSSR count). The second-order valence-corrected chi connectivity index (χ2v) is 2.74. The van der Waals surface area contributed by atoms with Crippen molar-refractivity contribution in [2.75, 3.05) is 0 Å². The normalized spacial score (nSPS) is 9.42. The van der Waals surface area contributed by atoms with Gasteiger partial charge in [0.05, 0.1) is 0 Å². The van der Waals surface area contributed by atoms with Crippen LogP contribution in [0.2, 0.25) is 0 Å². The van der Waals surface area contributed by atoms with Crippen molar-refractivity contribution in [3.8, 4) is 0 Å². The summed E-state index contributed by atoms with van der Waals surface area (Å²) in [6.45, 7) is 9.13. The van der Waals surface area contributed by atoms with Crippen LogP contribution in [0, 0.1) is 6.92 Å². The molecule has 1 N–H and O–H groups in total. The van der Waals surface area contributed by atoms with Crippen LogP contribution in [-0.2, 0) is 0 Å². The van der Waals surface area contributed by atoms with E-state index in [0.29, 0.717) is 0 Å². The first-order valence-electron chi connectivity index (χ1n) is 3.76. The molecule has 12 heavy (non-hydrogen) atoms. The highest BCUT2D eigenvalue weighted by atomic mass is 16.3. The van der Waals surface area contributed by atoms with E-state index in [1.54, 1.807) is 6.08 Å². The summed E-state index contributed by atoms with van der Waals surface area (Å²) < 4.78 is 0. The Bertz CT molecular complexity index is 324. The monoisotopic (exact) mass is 160 g/mol. The van der Waals surface area contributed by atoms with E-state index in [1.807, 2.05) is 25.1 Å². The summed E-state index contributed by atoms with van der Waals surface area (Å²) >= 11 is 0. The van der Waals surface area contributed by atoms with Gasteiger partial charge in [0, 0.05) is 5.56 Å². The second-order valence-electron chi connectivity index (χ2n) is 2.74. The van der Waals surface area contributed by atoms with Gasteiger partial charge in [-0.15, -0.1) is 0 Å². The molecule has 1 aromatic carbocycles. The molecular weight excluding hydrogens is 148 g/mol. The molecule has 62 valence electrons. The predicted molar refractivity (Wildman–Crippen MR) is 52.9 cm³/mol. The number of benzene rings is 1. The van der Waals surface area contributed by atoms with Gasteiger partial charge in [-0.3, -0.25) is 0 Å². The first-order valence-corrected chi connectivity index (χ1v) is 3.76.